The lowest BCUT2D eigenvalue weighted by Gasteiger charge is -2.20. The molecule has 2 rings (SSSR count). The minimum Gasteiger partial charge on any atom is -0.398 e. The predicted octanol–water partition coefficient (Wildman–Crippen LogP) is 1.99. The largest absolute Gasteiger partial charge is 0.398 e. The van der Waals surface area contributed by atoms with Gasteiger partial charge in [-0.2, -0.15) is 0 Å². The molecule has 1 aromatic heterocycles. The van der Waals surface area contributed by atoms with Crippen molar-refractivity contribution in [3.8, 4) is 0 Å². The zero-order chi connectivity index (χ0) is 11.2. The van der Waals surface area contributed by atoms with E-state index in [2.05, 4.69) is 0 Å². The fourth-order valence-corrected chi connectivity index (χ4v) is 1.86. The molecular weight excluding hydrogens is 188 g/mol. The summed E-state index contributed by atoms with van der Waals surface area (Å²) >= 11 is 0. The van der Waals surface area contributed by atoms with Crippen LogP contribution in [0.1, 0.15) is 19.4 Å². The quantitative estimate of drug-likeness (QED) is 0.698. The van der Waals surface area contributed by atoms with Crippen molar-refractivity contribution in [2.24, 2.45) is 7.05 Å². The molecule has 2 aromatic rings. The van der Waals surface area contributed by atoms with Gasteiger partial charge in [0.15, 0.2) is 0 Å². The van der Waals surface area contributed by atoms with Crippen LogP contribution in [-0.2, 0) is 12.6 Å². The number of nitrogens with two attached hydrogens (primary N) is 1. The lowest BCUT2D eigenvalue weighted by molar-refractivity contribution is 0.0795. The second-order valence-corrected chi connectivity index (χ2v) is 4.48. The lowest BCUT2D eigenvalue weighted by Crippen LogP contribution is -2.17. The first-order chi connectivity index (χ1) is 6.89. The Morgan fingerprint density at radius 1 is 1.33 bits per heavy atom. The van der Waals surface area contributed by atoms with Gasteiger partial charge in [0.2, 0.25) is 0 Å². The van der Waals surface area contributed by atoms with E-state index in [0.29, 0.717) is 5.69 Å². The fourth-order valence-electron chi connectivity index (χ4n) is 1.86. The maximum Gasteiger partial charge on any atom is 0.0861 e. The van der Waals surface area contributed by atoms with Crippen molar-refractivity contribution in [2.75, 3.05) is 5.73 Å². The smallest absolute Gasteiger partial charge is 0.0861 e. The van der Waals surface area contributed by atoms with E-state index < -0.39 is 5.60 Å². The summed E-state index contributed by atoms with van der Waals surface area (Å²) in [6.07, 6.45) is 1.98. The third-order valence-electron chi connectivity index (χ3n) is 2.72. The molecule has 0 aliphatic rings. The van der Waals surface area contributed by atoms with Gasteiger partial charge in [-0.25, -0.2) is 0 Å². The summed E-state index contributed by atoms with van der Waals surface area (Å²) < 4.78 is 2.02. The summed E-state index contributed by atoms with van der Waals surface area (Å²) in [6.45, 7) is 3.49. The van der Waals surface area contributed by atoms with E-state index in [1.54, 1.807) is 13.8 Å². The summed E-state index contributed by atoms with van der Waals surface area (Å²) in [7, 11) is 1.98. The topological polar surface area (TPSA) is 51.2 Å². The zero-order valence-electron chi connectivity index (χ0n) is 9.28. The number of aryl methyl sites for hydroxylation is 1. The van der Waals surface area contributed by atoms with Gasteiger partial charge in [0, 0.05) is 35.4 Å². The maximum atomic E-state index is 9.97. The van der Waals surface area contributed by atoms with Crippen LogP contribution in [0.2, 0.25) is 0 Å². The second-order valence-electron chi connectivity index (χ2n) is 4.48. The lowest BCUT2D eigenvalue weighted by atomic mass is 9.95. The normalized spacial score (nSPS) is 12.3. The average molecular weight is 204 g/mol. The Morgan fingerprint density at radius 3 is 2.60 bits per heavy atom. The van der Waals surface area contributed by atoms with Gasteiger partial charge in [-0.05, 0) is 32.0 Å². The van der Waals surface area contributed by atoms with Crippen molar-refractivity contribution >= 4 is 16.6 Å². The third kappa shape index (κ3) is 1.59. The van der Waals surface area contributed by atoms with Crippen LogP contribution < -0.4 is 5.73 Å². The number of aromatic nitrogens is 1. The highest BCUT2D eigenvalue weighted by Crippen LogP contribution is 2.30. The van der Waals surface area contributed by atoms with Crippen LogP contribution in [0.3, 0.4) is 0 Å². The van der Waals surface area contributed by atoms with Crippen molar-refractivity contribution in [3.63, 3.8) is 0 Å². The van der Waals surface area contributed by atoms with Crippen LogP contribution in [0.4, 0.5) is 5.69 Å². The highest BCUT2D eigenvalue weighted by molar-refractivity contribution is 5.85. The van der Waals surface area contributed by atoms with E-state index in [1.165, 1.54) is 0 Å². The Bertz CT molecular complexity index is 506. The minimum atomic E-state index is -0.900. The highest BCUT2D eigenvalue weighted by atomic mass is 16.3. The minimum absolute atomic E-state index is 0.640. The molecule has 0 saturated heterocycles. The molecule has 0 fully saturated rings. The number of nitrogen functional groups attached to an aromatic ring is 1. The van der Waals surface area contributed by atoms with E-state index in [1.807, 2.05) is 36.0 Å². The number of aliphatic hydroxyl groups is 1. The molecule has 3 nitrogen and oxygen atoms in total. The molecule has 80 valence electrons. The van der Waals surface area contributed by atoms with Gasteiger partial charge in [0.25, 0.3) is 0 Å². The van der Waals surface area contributed by atoms with Crippen molar-refractivity contribution in [3.05, 3.63) is 30.0 Å². The Morgan fingerprint density at radius 2 is 2.00 bits per heavy atom. The molecule has 3 N–H and O–H groups in total. The van der Waals surface area contributed by atoms with Crippen LogP contribution in [0.5, 0.6) is 0 Å². The number of anilines is 1. The van der Waals surface area contributed by atoms with Crippen molar-refractivity contribution in [2.45, 2.75) is 19.4 Å². The summed E-state index contributed by atoms with van der Waals surface area (Å²) in [5, 5.41) is 11.1. The number of rotatable bonds is 1. The zero-order valence-corrected chi connectivity index (χ0v) is 9.28. The first-order valence-electron chi connectivity index (χ1n) is 4.97. The SMILES string of the molecule is Cn1ccc2cc(N)c(C(C)(C)O)cc21. The molecule has 0 spiro atoms. The van der Waals surface area contributed by atoms with Crippen LogP contribution in [0.15, 0.2) is 24.4 Å². The number of hydrogen-bond donors (Lipinski definition) is 2. The first-order valence-corrected chi connectivity index (χ1v) is 4.97. The Hall–Kier alpha value is -1.48. The summed E-state index contributed by atoms with van der Waals surface area (Å²) in [5.74, 6) is 0. The number of benzene rings is 1. The molecular formula is C12H16N2O. The van der Waals surface area contributed by atoms with E-state index >= 15 is 0 Å². The summed E-state index contributed by atoms with van der Waals surface area (Å²) in [5.41, 5.74) is 7.51. The van der Waals surface area contributed by atoms with Crippen molar-refractivity contribution in [1.29, 1.82) is 0 Å². The number of hydrogen-bond acceptors (Lipinski definition) is 2. The maximum absolute atomic E-state index is 9.97. The molecule has 0 unspecified atom stereocenters. The molecule has 0 atom stereocenters. The van der Waals surface area contributed by atoms with Gasteiger partial charge in [-0.3, -0.25) is 0 Å². The van der Waals surface area contributed by atoms with Gasteiger partial charge < -0.3 is 15.4 Å². The van der Waals surface area contributed by atoms with E-state index in [0.717, 1.165) is 16.5 Å². The Labute approximate surface area is 89.1 Å². The predicted molar refractivity (Wildman–Crippen MR) is 62.6 cm³/mol. The van der Waals surface area contributed by atoms with E-state index in [4.69, 9.17) is 5.73 Å². The third-order valence-corrected chi connectivity index (χ3v) is 2.72. The molecule has 15 heavy (non-hydrogen) atoms. The van der Waals surface area contributed by atoms with Crippen molar-refractivity contribution < 1.29 is 5.11 Å². The Kier molecular flexibility index (Phi) is 2.01. The molecule has 0 saturated carbocycles. The monoisotopic (exact) mass is 204 g/mol. The molecule has 0 aliphatic heterocycles. The van der Waals surface area contributed by atoms with Gasteiger partial charge in [0.05, 0.1) is 5.60 Å². The van der Waals surface area contributed by atoms with Crippen LogP contribution in [-0.4, -0.2) is 9.67 Å². The molecule has 0 radical (unpaired) electrons. The molecule has 3 heteroatoms. The standard InChI is InChI=1S/C12H16N2O/c1-12(2,15)9-7-11-8(6-10(9)13)4-5-14(11)3/h4-7,15H,13H2,1-3H3. The fraction of sp³-hybridized carbons (Fsp3) is 0.333. The van der Waals surface area contributed by atoms with Gasteiger partial charge in [-0.15, -0.1) is 0 Å². The van der Waals surface area contributed by atoms with Gasteiger partial charge >= 0.3 is 0 Å². The first kappa shape index (κ1) is 10.1. The van der Waals surface area contributed by atoms with Crippen LogP contribution in [0, 0.1) is 0 Å². The second kappa shape index (κ2) is 3.00. The molecule has 0 aliphatic carbocycles. The van der Waals surface area contributed by atoms with Crippen molar-refractivity contribution in [1.82, 2.24) is 4.57 Å². The van der Waals surface area contributed by atoms with Gasteiger partial charge in [-0.1, -0.05) is 0 Å². The highest BCUT2D eigenvalue weighted by Gasteiger charge is 2.20. The summed E-state index contributed by atoms with van der Waals surface area (Å²) in [4.78, 5) is 0. The van der Waals surface area contributed by atoms with E-state index in [-0.39, 0.29) is 0 Å². The average Bonchev–Trinajstić information content (AvgIpc) is 2.44. The summed E-state index contributed by atoms with van der Waals surface area (Å²) in [6, 6.07) is 5.87. The molecule has 1 aromatic carbocycles. The van der Waals surface area contributed by atoms with Crippen LogP contribution >= 0.6 is 0 Å². The Balaban J connectivity index is 2.76. The van der Waals surface area contributed by atoms with Gasteiger partial charge in [0.1, 0.15) is 0 Å². The molecule has 0 amide bonds. The van der Waals surface area contributed by atoms with Crippen LogP contribution in [0.25, 0.3) is 10.9 Å². The molecule has 0 bridgehead atoms. The number of nitrogens with zero attached hydrogens (tertiary/aromatic N) is 1. The van der Waals surface area contributed by atoms with E-state index in [9.17, 15) is 5.11 Å². The molecule has 1 heterocycles. The number of fused-ring (bicyclic) bond motifs is 1.